The van der Waals surface area contributed by atoms with Crippen LogP contribution in [0, 0.1) is 13.8 Å². The Balaban J connectivity index is 1.52. The topological polar surface area (TPSA) is 51.0 Å². The first-order valence-corrected chi connectivity index (χ1v) is 11.7. The van der Waals surface area contributed by atoms with Gasteiger partial charge in [0.15, 0.2) is 0 Å². The largest absolute Gasteiger partial charge is 0.495 e. The van der Waals surface area contributed by atoms with Crippen molar-refractivity contribution in [2.24, 2.45) is 5.73 Å². The third kappa shape index (κ3) is 4.50. The molecule has 0 bridgehead atoms. The van der Waals surface area contributed by atoms with E-state index >= 15 is 0 Å². The van der Waals surface area contributed by atoms with Crippen molar-refractivity contribution in [3.8, 4) is 11.5 Å². The second-order valence-corrected chi connectivity index (χ2v) is 9.05. The lowest BCUT2D eigenvalue weighted by Crippen LogP contribution is -2.56. The molecule has 5 nitrogen and oxygen atoms in total. The summed E-state index contributed by atoms with van der Waals surface area (Å²) in [5.74, 6) is 1.70. The molecule has 0 radical (unpaired) electrons. The molecule has 2 saturated heterocycles. The van der Waals surface area contributed by atoms with Crippen molar-refractivity contribution in [3.05, 3.63) is 52.0 Å². The number of piperazine rings is 1. The van der Waals surface area contributed by atoms with E-state index in [9.17, 15) is 0 Å². The quantitative estimate of drug-likeness (QED) is 0.700. The minimum absolute atomic E-state index is 0.475. The van der Waals surface area contributed by atoms with Gasteiger partial charge in [-0.05, 0) is 68.0 Å². The number of benzene rings is 2. The lowest BCUT2D eigenvalue weighted by Gasteiger charge is -2.49. The maximum absolute atomic E-state index is 6.23. The summed E-state index contributed by atoms with van der Waals surface area (Å²) >= 11 is 6.23. The van der Waals surface area contributed by atoms with E-state index in [1.807, 2.05) is 6.07 Å². The van der Waals surface area contributed by atoms with Gasteiger partial charge in [-0.25, -0.2) is 0 Å². The minimum atomic E-state index is 0.475. The average molecular weight is 444 g/mol. The number of nitrogens with zero attached hydrogens (tertiary/aromatic N) is 2. The standard InChI is InChI=1S/C25H34ClN3O2/c1-17-18(2)24(31-14-11-27)10-8-21(17)23-6-4-5-20-16-28(12-13-29(20)23)19-7-9-22(26)25(15-19)30-3/h7-10,15,20,23H,4-6,11-14,16,27H2,1-3H3/t20-,23+/m0/s1. The molecule has 2 heterocycles. The van der Waals surface area contributed by atoms with Crippen molar-refractivity contribution < 1.29 is 9.47 Å². The molecular weight excluding hydrogens is 410 g/mol. The number of nitrogens with two attached hydrogens (primary N) is 1. The highest BCUT2D eigenvalue weighted by atomic mass is 35.5. The molecular formula is C25H34ClN3O2. The molecule has 0 aliphatic carbocycles. The number of halogens is 1. The van der Waals surface area contributed by atoms with E-state index in [0.717, 1.165) is 31.1 Å². The predicted molar refractivity (Wildman–Crippen MR) is 128 cm³/mol. The Morgan fingerprint density at radius 3 is 2.68 bits per heavy atom. The Morgan fingerprint density at radius 1 is 1.06 bits per heavy atom. The first kappa shape index (κ1) is 22.3. The Hall–Kier alpha value is -1.95. The molecule has 31 heavy (non-hydrogen) atoms. The molecule has 0 unspecified atom stereocenters. The summed E-state index contributed by atoms with van der Waals surface area (Å²) in [6, 6.07) is 11.5. The summed E-state index contributed by atoms with van der Waals surface area (Å²) in [6.07, 6.45) is 3.72. The zero-order valence-electron chi connectivity index (χ0n) is 18.9. The van der Waals surface area contributed by atoms with Crippen LogP contribution in [0.4, 0.5) is 5.69 Å². The van der Waals surface area contributed by atoms with Gasteiger partial charge in [0.05, 0.1) is 12.1 Å². The van der Waals surface area contributed by atoms with E-state index in [-0.39, 0.29) is 0 Å². The van der Waals surface area contributed by atoms with Gasteiger partial charge in [0, 0.05) is 50.0 Å². The smallest absolute Gasteiger partial charge is 0.139 e. The van der Waals surface area contributed by atoms with Crippen LogP contribution in [0.1, 0.15) is 42.0 Å². The van der Waals surface area contributed by atoms with Gasteiger partial charge < -0.3 is 20.1 Å². The summed E-state index contributed by atoms with van der Waals surface area (Å²) in [7, 11) is 1.67. The van der Waals surface area contributed by atoms with Crippen molar-refractivity contribution in [2.75, 3.05) is 44.8 Å². The highest BCUT2D eigenvalue weighted by molar-refractivity contribution is 6.32. The van der Waals surface area contributed by atoms with Gasteiger partial charge in [0.1, 0.15) is 18.1 Å². The third-order valence-corrected chi connectivity index (χ3v) is 7.27. The molecule has 2 atom stereocenters. The van der Waals surface area contributed by atoms with E-state index in [1.165, 1.54) is 41.6 Å². The van der Waals surface area contributed by atoms with Gasteiger partial charge in [0.25, 0.3) is 0 Å². The Morgan fingerprint density at radius 2 is 1.90 bits per heavy atom. The number of anilines is 1. The molecule has 168 valence electrons. The van der Waals surface area contributed by atoms with Crippen LogP contribution < -0.4 is 20.1 Å². The van der Waals surface area contributed by atoms with Crippen LogP contribution in [-0.4, -0.2) is 50.8 Å². The number of ether oxygens (including phenoxy) is 2. The molecule has 6 heteroatoms. The number of piperidine rings is 1. The van der Waals surface area contributed by atoms with Crippen LogP contribution in [0.5, 0.6) is 11.5 Å². The number of hydrogen-bond acceptors (Lipinski definition) is 5. The molecule has 0 aromatic heterocycles. The van der Waals surface area contributed by atoms with Gasteiger partial charge in [-0.2, -0.15) is 0 Å². The highest BCUT2D eigenvalue weighted by Gasteiger charge is 2.36. The van der Waals surface area contributed by atoms with Gasteiger partial charge in [-0.3, -0.25) is 4.90 Å². The Bertz CT molecular complexity index is 920. The van der Waals surface area contributed by atoms with Crippen molar-refractivity contribution in [3.63, 3.8) is 0 Å². The van der Waals surface area contributed by atoms with Crippen molar-refractivity contribution in [1.82, 2.24) is 4.90 Å². The number of rotatable bonds is 6. The number of hydrogen-bond donors (Lipinski definition) is 1. The van der Waals surface area contributed by atoms with Crippen molar-refractivity contribution in [2.45, 2.75) is 45.2 Å². The van der Waals surface area contributed by atoms with Crippen LogP contribution in [0.15, 0.2) is 30.3 Å². The summed E-state index contributed by atoms with van der Waals surface area (Å²) < 4.78 is 11.3. The molecule has 2 aromatic rings. The fourth-order valence-corrected chi connectivity index (χ4v) is 5.36. The van der Waals surface area contributed by atoms with E-state index in [2.05, 4.69) is 47.9 Å². The molecule has 0 spiro atoms. The van der Waals surface area contributed by atoms with Crippen LogP contribution in [0.3, 0.4) is 0 Å². The number of methoxy groups -OCH3 is 1. The van der Waals surface area contributed by atoms with Gasteiger partial charge in [-0.15, -0.1) is 0 Å². The van der Waals surface area contributed by atoms with Gasteiger partial charge >= 0.3 is 0 Å². The van der Waals surface area contributed by atoms with E-state index in [1.54, 1.807) is 7.11 Å². The zero-order valence-corrected chi connectivity index (χ0v) is 19.6. The minimum Gasteiger partial charge on any atom is -0.495 e. The summed E-state index contributed by atoms with van der Waals surface area (Å²) in [5.41, 5.74) is 10.8. The maximum atomic E-state index is 6.23. The molecule has 2 aliphatic heterocycles. The first-order chi connectivity index (χ1) is 15.0. The molecule has 0 amide bonds. The van der Waals surface area contributed by atoms with Gasteiger partial charge in [-0.1, -0.05) is 17.7 Å². The Labute approximate surface area is 191 Å². The molecule has 2 aromatic carbocycles. The van der Waals surface area contributed by atoms with Crippen LogP contribution >= 0.6 is 11.6 Å². The second kappa shape index (κ2) is 9.68. The van der Waals surface area contributed by atoms with E-state index < -0.39 is 0 Å². The normalized spacial score (nSPS) is 21.6. The van der Waals surface area contributed by atoms with Crippen LogP contribution in [0.2, 0.25) is 5.02 Å². The predicted octanol–water partition coefficient (Wildman–Crippen LogP) is 4.72. The van der Waals surface area contributed by atoms with Crippen molar-refractivity contribution >= 4 is 17.3 Å². The van der Waals surface area contributed by atoms with Gasteiger partial charge in [0.2, 0.25) is 0 Å². The monoisotopic (exact) mass is 443 g/mol. The fourth-order valence-electron chi connectivity index (χ4n) is 5.17. The third-order valence-electron chi connectivity index (χ3n) is 6.96. The maximum Gasteiger partial charge on any atom is 0.139 e. The van der Waals surface area contributed by atoms with Crippen LogP contribution in [-0.2, 0) is 0 Å². The second-order valence-electron chi connectivity index (χ2n) is 8.64. The highest BCUT2D eigenvalue weighted by Crippen LogP contribution is 2.40. The summed E-state index contributed by atoms with van der Waals surface area (Å²) in [6.45, 7) is 8.60. The Kier molecular flexibility index (Phi) is 6.95. The van der Waals surface area contributed by atoms with E-state index in [4.69, 9.17) is 26.8 Å². The molecule has 2 N–H and O–H groups in total. The van der Waals surface area contributed by atoms with E-state index in [0.29, 0.717) is 30.3 Å². The fraction of sp³-hybridized carbons (Fsp3) is 0.520. The summed E-state index contributed by atoms with van der Waals surface area (Å²) in [4.78, 5) is 5.21. The summed E-state index contributed by atoms with van der Waals surface area (Å²) in [5, 5.41) is 0.660. The molecule has 4 rings (SSSR count). The zero-order chi connectivity index (χ0) is 22.0. The lowest BCUT2D eigenvalue weighted by atomic mass is 9.86. The lowest BCUT2D eigenvalue weighted by molar-refractivity contribution is 0.0712. The average Bonchev–Trinajstić information content (AvgIpc) is 2.80. The number of fused-ring (bicyclic) bond motifs is 1. The molecule has 0 saturated carbocycles. The first-order valence-electron chi connectivity index (χ1n) is 11.3. The van der Waals surface area contributed by atoms with Crippen molar-refractivity contribution in [1.29, 1.82) is 0 Å². The molecule has 2 fully saturated rings. The SMILES string of the molecule is COc1cc(N2CCN3[C@@H](CCC[C@@H]3c3ccc(OCCN)c(C)c3C)C2)ccc1Cl. The van der Waals surface area contributed by atoms with Crippen LogP contribution in [0.25, 0.3) is 0 Å². The molecule has 2 aliphatic rings.